The molecule has 0 amide bonds. The highest BCUT2D eigenvalue weighted by Gasteiger charge is 2.07. The first-order valence-corrected chi connectivity index (χ1v) is 4.72. The van der Waals surface area contributed by atoms with Gasteiger partial charge in [-0.1, -0.05) is 0 Å². The van der Waals surface area contributed by atoms with Crippen molar-refractivity contribution >= 4 is 22.0 Å². The van der Waals surface area contributed by atoms with Crippen LogP contribution in [-0.4, -0.2) is 17.1 Å². The maximum atomic E-state index is 10.1. The minimum absolute atomic E-state index is 0.0317. The molecule has 0 radical (unpaired) electrons. The summed E-state index contributed by atoms with van der Waals surface area (Å²) in [6, 6.07) is 3.05. The molecule has 1 aromatic carbocycles. The molecule has 0 aliphatic heterocycles. The van der Waals surface area contributed by atoms with Gasteiger partial charge < -0.3 is 9.84 Å². The van der Waals surface area contributed by atoms with Gasteiger partial charge in [0, 0.05) is 6.08 Å². The molecular formula is C9H8BrNO4. The Balaban J connectivity index is 3.11. The van der Waals surface area contributed by atoms with Crippen molar-refractivity contribution in [3.8, 4) is 11.5 Å². The Morgan fingerprint density at radius 2 is 2.27 bits per heavy atom. The molecule has 0 aliphatic rings. The van der Waals surface area contributed by atoms with E-state index < -0.39 is 4.92 Å². The molecule has 5 nitrogen and oxygen atoms in total. The van der Waals surface area contributed by atoms with Gasteiger partial charge in [-0.2, -0.15) is 0 Å². The Morgan fingerprint density at radius 1 is 1.60 bits per heavy atom. The highest BCUT2D eigenvalue weighted by Crippen LogP contribution is 2.35. The summed E-state index contributed by atoms with van der Waals surface area (Å²) in [5.41, 5.74) is 0.563. The number of halogens is 1. The van der Waals surface area contributed by atoms with Crippen LogP contribution in [0.3, 0.4) is 0 Å². The van der Waals surface area contributed by atoms with Gasteiger partial charge in [-0.3, -0.25) is 10.1 Å². The van der Waals surface area contributed by atoms with Crippen molar-refractivity contribution in [2.45, 2.75) is 0 Å². The Labute approximate surface area is 94.3 Å². The highest BCUT2D eigenvalue weighted by atomic mass is 79.9. The number of nitrogens with zero attached hydrogens (tertiary/aromatic N) is 1. The van der Waals surface area contributed by atoms with Crippen molar-refractivity contribution in [3.63, 3.8) is 0 Å². The van der Waals surface area contributed by atoms with Gasteiger partial charge in [-0.05, 0) is 33.6 Å². The Bertz CT molecular complexity index is 417. The molecule has 0 unspecified atom stereocenters. The Morgan fingerprint density at radius 3 is 2.80 bits per heavy atom. The lowest BCUT2D eigenvalue weighted by Gasteiger charge is -2.05. The van der Waals surface area contributed by atoms with E-state index in [9.17, 15) is 15.2 Å². The molecular weight excluding hydrogens is 266 g/mol. The first kappa shape index (κ1) is 11.5. The molecule has 0 aromatic heterocycles. The number of phenols is 1. The largest absolute Gasteiger partial charge is 0.503 e. The maximum absolute atomic E-state index is 10.1. The molecule has 0 bridgehead atoms. The fraction of sp³-hybridized carbons (Fsp3) is 0.111. The second-order valence-corrected chi connectivity index (χ2v) is 3.51. The molecule has 1 N–H and O–H groups in total. The average molecular weight is 274 g/mol. The van der Waals surface area contributed by atoms with Crippen LogP contribution in [-0.2, 0) is 0 Å². The van der Waals surface area contributed by atoms with Crippen LogP contribution in [0.25, 0.3) is 6.08 Å². The number of methoxy groups -OCH3 is 1. The summed E-state index contributed by atoms with van der Waals surface area (Å²) in [4.78, 5) is 9.54. The number of hydrogen-bond acceptors (Lipinski definition) is 4. The third-order valence-corrected chi connectivity index (χ3v) is 2.26. The van der Waals surface area contributed by atoms with E-state index in [1.54, 1.807) is 6.07 Å². The van der Waals surface area contributed by atoms with Crippen LogP contribution in [0.15, 0.2) is 22.8 Å². The van der Waals surface area contributed by atoms with Crippen molar-refractivity contribution in [1.82, 2.24) is 0 Å². The smallest absolute Gasteiger partial charge is 0.235 e. The lowest BCUT2D eigenvalue weighted by molar-refractivity contribution is -0.400. The van der Waals surface area contributed by atoms with Gasteiger partial charge in [0.2, 0.25) is 6.20 Å². The van der Waals surface area contributed by atoms with E-state index >= 15 is 0 Å². The quantitative estimate of drug-likeness (QED) is 0.678. The van der Waals surface area contributed by atoms with Crippen molar-refractivity contribution in [2.24, 2.45) is 0 Å². The number of benzene rings is 1. The van der Waals surface area contributed by atoms with Crippen LogP contribution in [0, 0.1) is 10.1 Å². The van der Waals surface area contributed by atoms with Crippen LogP contribution in [0.5, 0.6) is 11.5 Å². The van der Waals surface area contributed by atoms with E-state index in [0.29, 0.717) is 10.0 Å². The molecule has 0 atom stereocenters. The van der Waals surface area contributed by atoms with Crippen LogP contribution in [0.1, 0.15) is 5.56 Å². The fourth-order valence-electron chi connectivity index (χ4n) is 0.993. The van der Waals surface area contributed by atoms with Crippen molar-refractivity contribution in [3.05, 3.63) is 38.5 Å². The van der Waals surface area contributed by atoms with Gasteiger partial charge in [0.05, 0.1) is 16.5 Å². The summed E-state index contributed by atoms with van der Waals surface area (Å²) in [6.45, 7) is 0. The predicted octanol–water partition coefficient (Wildman–Crippen LogP) is 2.41. The van der Waals surface area contributed by atoms with Crippen molar-refractivity contribution in [1.29, 1.82) is 0 Å². The molecule has 80 valence electrons. The van der Waals surface area contributed by atoms with E-state index in [2.05, 4.69) is 15.9 Å². The standard InChI is InChI=1S/C9H8BrNO4/c1-15-8-5-6(2-3-11(13)14)4-7(10)9(8)12/h2-5,12H,1H3/b3-2-. The third-order valence-electron chi connectivity index (χ3n) is 1.66. The van der Waals surface area contributed by atoms with E-state index in [0.717, 1.165) is 6.20 Å². The molecule has 0 saturated heterocycles. The highest BCUT2D eigenvalue weighted by molar-refractivity contribution is 9.10. The van der Waals surface area contributed by atoms with Crippen LogP contribution >= 0.6 is 15.9 Å². The zero-order valence-corrected chi connectivity index (χ0v) is 9.39. The zero-order valence-electron chi connectivity index (χ0n) is 7.81. The SMILES string of the molecule is COc1cc(/C=C\[N+](=O)[O-])cc(Br)c1O. The minimum Gasteiger partial charge on any atom is -0.503 e. The molecule has 0 saturated carbocycles. The van der Waals surface area contributed by atoms with Gasteiger partial charge in [0.15, 0.2) is 11.5 Å². The van der Waals surface area contributed by atoms with Crippen LogP contribution < -0.4 is 4.74 Å². The number of ether oxygens (including phenoxy) is 1. The molecule has 0 heterocycles. The van der Waals surface area contributed by atoms with Gasteiger partial charge in [-0.15, -0.1) is 0 Å². The Kier molecular flexibility index (Phi) is 3.68. The van der Waals surface area contributed by atoms with Crippen LogP contribution in [0.4, 0.5) is 0 Å². The minimum atomic E-state index is -0.562. The topological polar surface area (TPSA) is 72.6 Å². The monoisotopic (exact) mass is 273 g/mol. The molecule has 15 heavy (non-hydrogen) atoms. The second-order valence-electron chi connectivity index (χ2n) is 2.65. The summed E-state index contributed by atoms with van der Waals surface area (Å²) < 4.78 is 5.31. The van der Waals surface area contributed by atoms with Crippen molar-refractivity contribution in [2.75, 3.05) is 7.11 Å². The lowest BCUT2D eigenvalue weighted by Crippen LogP contribution is -1.87. The number of hydrogen-bond donors (Lipinski definition) is 1. The molecule has 6 heteroatoms. The second kappa shape index (κ2) is 4.79. The van der Waals surface area contributed by atoms with Gasteiger partial charge >= 0.3 is 0 Å². The third kappa shape index (κ3) is 2.95. The normalized spacial score (nSPS) is 10.5. The fourth-order valence-corrected chi connectivity index (χ4v) is 1.45. The summed E-state index contributed by atoms with van der Waals surface area (Å²) >= 11 is 3.11. The number of phenolic OH excluding ortho intramolecular Hbond substituents is 1. The molecule has 0 aliphatic carbocycles. The molecule has 0 fully saturated rings. The summed E-state index contributed by atoms with van der Waals surface area (Å²) in [6.07, 6.45) is 2.13. The van der Waals surface area contributed by atoms with Crippen molar-refractivity contribution < 1.29 is 14.8 Å². The van der Waals surface area contributed by atoms with E-state index in [1.807, 2.05) is 0 Å². The lowest BCUT2D eigenvalue weighted by atomic mass is 10.2. The number of nitro groups is 1. The summed E-state index contributed by atoms with van der Waals surface area (Å²) in [7, 11) is 1.41. The van der Waals surface area contributed by atoms with Gasteiger partial charge in [0.1, 0.15) is 0 Å². The maximum Gasteiger partial charge on any atom is 0.235 e. The first-order chi connectivity index (χ1) is 7.04. The van der Waals surface area contributed by atoms with E-state index in [1.165, 1.54) is 19.3 Å². The molecule has 0 spiro atoms. The summed E-state index contributed by atoms with van der Waals surface area (Å²) in [5, 5.41) is 19.6. The number of aromatic hydroxyl groups is 1. The van der Waals surface area contributed by atoms with E-state index in [-0.39, 0.29) is 11.5 Å². The molecule has 1 aromatic rings. The zero-order chi connectivity index (χ0) is 11.4. The first-order valence-electron chi connectivity index (χ1n) is 3.93. The predicted molar refractivity (Wildman–Crippen MR) is 58.4 cm³/mol. The average Bonchev–Trinajstić information content (AvgIpc) is 2.19. The Hall–Kier alpha value is -1.56. The number of rotatable bonds is 3. The summed E-state index contributed by atoms with van der Waals surface area (Å²) in [5.74, 6) is 0.225. The van der Waals surface area contributed by atoms with Gasteiger partial charge in [0.25, 0.3) is 0 Å². The molecule has 1 rings (SSSR count). The van der Waals surface area contributed by atoms with Crippen LogP contribution in [0.2, 0.25) is 0 Å². The van der Waals surface area contributed by atoms with Gasteiger partial charge in [-0.25, -0.2) is 0 Å². The van der Waals surface area contributed by atoms with E-state index in [4.69, 9.17) is 4.74 Å².